The number of hydrogen-bond acceptors (Lipinski definition) is 3. The Bertz CT molecular complexity index is 278. The summed E-state index contributed by atoms with van der Waals surface area (Å²) in [6.07, 6.45) is 0.449. The van der Waals surface area contributed by atoms with Gasteiger partial charge >= 0.3 is 0 Å². The smallest absolute Gasteiger partial charge is 0.241 e. The largest absolute Gasteiger partial charge is 0.345 e. The van der Waals surface area contributed by atoms with Gasteiger partial charge in [-0.1, -0.05) is 6.92 Å². The van der Waals surface area contributed by atoms with E-state index in [1.165, 1.54) is 0 Å². The van der Waals surface area contributed by atoms with Gasteiger partial charge in [-0.3, -0.25) is 9.59 Å². The van der Waals surface area contributed by atoms with Crippen LogP contribution in [0.4, 0.5) is 0 Å². The SMILES string of the molecule is CCN(C)C(=O)CN1CC(N)C(C)CC1=O. The van der Waals surface area contributed by atoms with Crippen molar-refractivity contribution in [2.45, 2.75) is 26.3 Å². The molecule has 0 aliphatic carbocycles. The number of nitrogens with two attached hydrogens (primary N) is 1. The van der Waals surface area contributed by atoms with E-state index in [1.807, 2.05) is 13.8 Å². The first kappa shape index (κ1) is 13.0. The lowest BCUT2D eigenvalue weighted by Crippen LogP contribution is -2.53. The third-order valence-corrected chi connectivity index (χ3v) is 3.24. The summed E-state index contributed by atoms with van der Waals surface area (Å²) in [6, 6.07) is -0.0163. The lowest BCUT2D eigenvalue weighted by atomic mass is 9.94. The van der Waals surface area contributed by atoms with Crippen LogP contribution in [-0.4, -0.2) is 54.3 Å². The molecular formula is C11H21N3O2. The molecule has 1 aliphatic heterocycles. The standard InChI is InChI=1S/C11H21N3O2/c1-4-13(3)11(16)7-14-6-9(12)8(2)5-10(14)15/h8-9H,4-7,12H2,1-3H3. The fraction of sp³-hybridized carbons (Fsp3) is 0.818. The molecule has 1 rings (SSSR count). The van der Waals surface area contributed by atoms with Crippen LogP contribution in [0.1, 0.15) is 20.3 Å². The summed E-state index contributed by atoms with van der Waals surface area (Å²) in [5.74, 6) is 0.215. The van der Waals surface area contributed by atoms with Crippen LogP contribution in [-0.2, 0) is 9.59 Å². The summed E-state index contributed by atoms with van der Waals surface area (Å²) in [5.41, 5.74) is 5.90. The maximum atomic E-state index is 11.7. The van der Waals surface area contributed by atoms with Gasteiger partial charge in [0.2, 0.25) is 11.8 Å². The van der Waals surface area contributed by atoms with Gasteiger partial charge in [0, 0.05) is 32.6 Å². The predicted molar refractivity (Wildman–Crippen MR) is 61.6 cm³/mol. The van der Waals surface area contributed by atoms with Gasteiger partial charge in [-0.25, -0.2) is 0 Å². The molecule has 1 saturated heterocycles. The van der Waals surface area contributed by atoms with E-state index in [0.717, 1.165) is 0 Å². The van der Waals surface area contributed by atoms with E-state index in [0.29, 0.717) is 19.5 Å². The molecule has 92 valence electrons. The Balaban J connectivity index is 2.54. The van der Waals surface area contributed by atoms with Crippen molar-refractivity contribution in [1.29, 1.82) is 0 Å². The van der Waals surface area contributed by atoms with Crippen molar-refractivity contribution in [3.05, 3.63) is 0 Å². The van der Waals surface area contributed by atoms with E-state index >= 15 is 0 Å². The highest BCUT2D eigenvalue weighted by Gasteiger charge is 2.30. The molecule has 1 fully saturated rings. The maximum absolute atomic E-state index is 11.7. The van der Waals surface area contributed by atoms with Gasteiger partial charge in [-0.2, -0.15) is 0 Å². The van der Waals surface area contributed by atoms with Crippen LogP contribution >= 0.6 is 0 Å². The molecule has 0 radical (unpaired) electrons. The minimum atomic E-state index is -0.0300. The van der Waals surface area contributed by atoms with E-state index < -0.39 is 0 Å². The van der Waals surface area contributed by atoms with Crippen molar-refractivity contribution >= 4 is 11.8 Å². The summed E-state index contributed by atoms with van der Waals surface area (Å²) in [4.78, 5) is 26.5. The number of piperidine rings is 1. The van der Waals surface area contributed by atoms with Gasteiger partial charge in [0.1, 0.15) is 0 Å². The molecule has 5 heteroatoms. The number of likely N-dealkylation sites (N-methyl/N-ethyl adjacent to an activating group) is 1. The van der Waals surface area contributed by atoms with E-state index in [9.17, 15) is 9.59 Å². The van der Waals surface area contributed by atoms with Crippen LogP contribution in [0.2, 0.25) is 0 Å². The van der Waals surface area contributed by atoms with E-state index in [4.69, 9.17) is 5.73 Å². The van der Waals surface area contributed by atoms with Gasteiger partial charge in [-0.05, 0) is 12.8 Å². The molecule has 2 N–H and O–H groups in total. The number of amides is 2. The Hall–Kier alpha value is -1.10. The van der Waals surface area contributed by atoms with Crippen LogP contribution < -0.4 is 5.73 Å². The van der Waals surface area contributed by atoms with Gasteiger partial charge in [-0.15, -0.1) is 0 Å². The predicted octanol–water partition coefficient (Wildman–Crippen LogP) is -0.340. The molecule has 0 aromatic rings. The summed E-state index contributed by atoms with van der Waals surface area (Å²) < 4.78 is 0. The Morgan fingerprint density at radius 3 is 2.81 bits per heavy atom. The number of rotatable bonds is 3. The van der Waals surface area contributed by atoms with Crippen molar-refractivity contribution in [2.75, 3.05) is 26.7 Å². The molecule has 0 bridgehead atoms. The third-order valence-electron chi connectivity index (χ3n) is 3.24. The molecule has 0 aromatic heterocycles. The minimum Gasteiger partial charge on any atom is -0.345 e. The molecule has 0 aromatic carbocycles. The average molecular weight is 227 g/mol. The zero-order chi connectivity index (χ0) is 12.3. The molecule has 0 saturated carbocycles. The number of carbonyl (C=O) groups excluding carboxylic acids is 2. The molecular weight excluding hydrogens is 206 g/mol. The maximum Gasteiger partial charge on any atom is 0.241 e. The number of hydrogen-bond donors (Lipinski definition) is 1. The second-order valence-electron chi connectivity index (χ2n) is 4.53. The summed E-state index contributed by atoms with van der Waals surface area (Å²) in [7, 11) is 1.74. The average Bonchev–Trinajstić information content (AvgIpc) is 2.24. The van der Waals surface area contributed by atoms with Crippen LogP contribution in [0.5, 0.6) is 0 Å². The van der Waals surface area contributed by atoms with Gasteiger partial charge in [0.25, 0.3) is 0 Å². The van der Waals surface area contributed by atoms with Crippen LogP contribution in [0.25, 0.3) is 0 Å². The van der Waals surface area contributed by atoms with Gasteiger partial charge in [0.15, 0.2) is 0 Å². The van der Waals surface area contributed by atoms with Crippen molar-refractivity contribution in [2.24, 2.45) is 11.7 Å². The van der Waals surface area contributed by atoms with E-state index in [-0.39, 0.29) is 30.3 Å². The lowest BCUT2D eigenvalue weighted by molar-refractivity contribution is -0.142. The molecule has 2 amide bonds. The van der Waals surface area contributed by atoms with Gasteiger partial charge < -0.3 is 15.5 Å². The normalized spacial score (nSPS) is 25.8. The summed E-state index contributed by atoms with van der Waals surface area (Å²) in [5, 5.41) is 0. The Kier molecular flexibility index (Phi) is 4.29. The Morgan fingerprint density at radius 2 is 2.25 bits per heavy atom. The first-order valence-electron chi connectivity index (χ1n) is 5.73. The highest BCUT2D eigenvalue weighted by molar-refractivity contribution is 5.85. The number of nitrogens with zero attached hydrogens (tertiary/aromatic N) is 2. The van der Waals surface area contributed by atoms with Crippen molar-refractivity contribution in [3.63, 3.8) is 0 Å². The second kappa shape index (κ2) is 5.30. The number of carbonyl (C=O) groups is 2. The van der Waals surface area contributed by atoms with Crippen LogP contribution in [0.15, 0.2) is 0 Å². The van der Waals surface area contributed by atoms with Crippen LogP contribution in [0, 0.1) is 5.92 Å². The highest BCUT2D eigenvalue weighted by Crippen LogP contribution is 2.16. The Morgan fingerprint density at radius 1 is 1.62 bits per heavy atom. The summed E-state index contributed by atoms with van der Waals surface area (Å²) >= 11 is 0. The minimum absolute atomic E-state index is 0.0163. The quantitative estimate of drug-likeness (QED) is 0.717. The molecule has 0 spiro atoms. The molecule has 2 unspecified atom stereocenters. The van der Waals surface area contributed by atoms with Crippen LogP contribution in [0.3, 0.4) is 0 Å². The monoisotopic (exact) mass is 227 g/mol. The zero-order valence-corrected chi connectivity index (χ0v) is 10.3. The molecule has 1 aliphatic rings. The summed E-state index contributed by atoms with van der Waals surface area (Å²) in [6.45, 7) is 5.18. The fourth-order valence-electron chi connectivity index (χ4n) is 1.71. The molecule has 5 nitrogen and oxygen atoms in total. The van der Waals surface area contributed by atoms with E-state index in [2.05, 4.69) is 0 Å². The molecule has 1 heterocycles. The first-order chi connectivity index (χ1) is 7.45. The lowest BCUT2D eigenvalue weighted by Gasteiger charge is -2.35. The molecule has 2 atom stereocenters. The van der Waals surface area contributed by atoms with Crippen molar-refractivity contribution in [3.8, 4) is 0 Å². The Labute approximate surface area is 96.6 Å². The highest BCUT2D eigenvalue weighted by atomic mass is 16.2. The first-order valence-corrected chi connectivity index (χ1v) is 5.73. The third kappa shape index (κ3) is 2.95. The number of likely N-dealkylation sites (tertiary alicyclic amines) is 1. The van der Waals surface area contributed by atoms with Gasteiger partial charge in [0.05, 0.1) is 6.54 Å². The van der Waals surface area contributed by atoms with Crippen molar-refractivity contribution in [1.82, 2.24) is 9.80 Å². The van der Waals surface area contributed by atoms with E-state index in [1.54, 1.807) is 16.8 Å². The van der Waals surface area contributed by atoms with Crippen molar-refractivity contribution < 1.29 is 9.59 Å². The zero-order valence-electron chi connectivity index (χ0n) is 10.3. The topological polar surface area (TPSA) is 66.6 Å². The second-order valence-corrected chi connectivity index (χ2v) is 4.53. The molecule has 16 heavy (non-hydrogen) atoms. The fourth-order valence-corrected chi connectivity index (χ4v) is 1.71.